The van der Waals surface area contributed by atoms with Crippen molar-refractivity contribution in [3.05, 3.63) is 266 Å². The molecule has 0 saturated heterocycles. The zero-order chi connectivity index (χ0) is 45.7. The van der Waals surface area contributed by atoms with Crippen molar-refractivity contribution in [2.75, 3.05) is 4.90 Å². The van der Waals surface area contributed by atoms with Crippen LogP contribution in [0, 0.1) is 0 Å². The van der Waals surface area contributed by atoms with Gasteiger partial charge in [-0.05, 0) is 112 Å². The molecule has 12 aromatic rings. The van der Waals surface area contributed by atoms with Crippen molar-refractivity contribution < 1.29 is 4.42 Å². The van der Waals surface area contributed by atoms with Crippen molar-refractivity contribution in [1.82, 2.24) is 4.57 Å². The monoisotopic (exact) mass is 882 g/mol. The van der Waals surface area contributed by atoms with E-state index >= 15 is 0 Å². The predicted octanol–water partition coefficient (Wildman–Crippen LogP) is 18.3. The van der Waals surface area contributed by atoms with Crippen LogP contribution >= 0.6 is 0 Å². The zero-order valence-electron chi connectivity index (χ0n) is 38.0. The second-order valence-electron chi connectivity index (χ2n) is 17.9. The molecule has 0 aliphatic heterocycles. The Labute approximate surface area is 401 Å². The van der Waals surface area contributed by atoms with Gasteiger partial charge in [0.1, 0.15) is 11.2 Å². The highest BCUT2D eigenvalue weighted by Gasteiger charge is 2.25. The minimum absolute atomic E-state index is 0.907. The molecule has 0 spiro atoms. The summed E-state index contributed by atoms with van der Waals surface area (Å²) in [5.74, 6) is 0. The van der Waals surface area contributed by atoms with Crippen LogP contribution in [0.1, 0.15) is 18.4 Å². The molecule has 0 fully saturated rings. The SMILES string of the molecule is C1=C(c2ccccc2-n2c3ccccc3c3ccccc32)C(N(c2ccc(-c3cccc(-c4ccccc4)c3)cc2)c2ccc(-c3cccc(-c4cccc5c4oc4ccccc45)c3)cc2)=CCC1. The predicted molar refractivity (Wildman–Crippen MR) is 290 cm³/mol. The molecule has 2 heterocycles. The maximum absolute atomic E-state index is 6.47. The minimum Gasteiger partial charge on any atom is -0.455 e. The van der Waals surface area contributed by atoms with Crippen LogP contribution in [0.3, 0.4) is 0 Å². The van der Waals surface area contributed by atoms with Crippen LogP contribution in [-0.4, -0.2) is 4.57 Å². The van der Waals surface area contributed by atoms with Crippen LogP contribution in [0.5, 0.6) is 0 Å². The Morgan fingerprint density at radius 3 is 1.51 bits per heavy atom. The number of nitrogens with zero attached hydrogens (tertiary/aromatic N) is 2. The average molecular weight is 883 g/mol. The van der Waals surface area contributed by atoms with Gasteiger partial charge in [-0.15, -0.1) is 0 Å². The number of rotatable bonds is 9. The van der Waals surface area contributed by atoms with Crippen LogP contribution < -0.4 is 4.90 Å². The fourth-order valence-electron chi connectivity index (χ4n) is 10.6. The Hall–Kier alpha value is -8.92. The Morgan fingerprint density at radius 2 is 0.826 bits per heavy atom. The summed E-state index contributed by atoms with van der Waals surface area (Å²) in [6, 6.07) is 87.8. The lowest BCUT2D eigenvalue weighted by Gasteiger charge is -2.32. The second kappa shape index (κ2) is 17.1. The first-order chi connectivity index (χ1) is 34.2. The summed E-state index contributed by atoms with van der Waals surface area (Å²) in [5.41, 5.74) is 20.5. The van der Waals surface area contributed by atoms with Crippen LogP contribution in [0.2, 0.25) is 0 Å². The van der Waals surface area contributed by atoms with Crippen molar-refractivity contribution in [2.24, 2.45) is 0 Å². The zero-order valence-corrected chi connectivity index (χ0v) is 38.0. The molecule has 0 atom stereocenters. The molecular formula is C66H46N2O. The quantitative estimate of drug-likeness (QED) is 0.144. The van der Waals surface area contributed by atoms with Gasteiger partial charge in [0.2, 0.25) is 0 Å². The Bertz CT molecular complexity index is 3890. The van der Waals surface area contributed by atoms with E-state index in [1.165, 1.54) is 60.9 Å². The molecular weight excluding hydrogens is 837 g/mol. The molecule has 3 nitrogen and oxygen atoms in total. The van der Waals surface area contributed by atoms with Gasteiger partial charge in [0.05, 0.1) is 16.7 Å². The van der Waals surface area contributed by atoms with Gasteiger partial charge in [-0.3, -0.25) is 0 Å². The lowest BCUT2D eigenvalue weighted by molar-refractivity contribution is 0.670. The summed E-state index contributed by atoms with van der Waals surface area (Å²) in [5, 5.41) is 4.78. The van der Waals surface area contributed by atoms with Crippen molar-refractivity contribution in [2.45, 2.75) is 12.8 Å². The number of para-hydroxylation sites is 5. The van der Waals surface area contributed by atoms with E-state index in [9.17, 15) is 0 Å². The molecule has 0 radical (unpaired) electrons. The summed E-state index contributed by atoms with van der Waals surface area (Å²) in [6.45, 7) is 0. The first kappa shape index (κ1) is 40.4. The third-order valence-corrected chi connectivity index (χ3v) is 13.9. The van der Waals surface area contributed by atoms with Crippen molar-refractivity contribution in [3.63, 3.8) is 0 Å². The van der Waals surface area contributed by atoms with Gasteiger partial charge in [0.25, 0.3) is 0 Å². The van der Waals surface area contributed by atoms with Gasteiger partial charge < -0.3 is 13.9 Å². The van der Waals surface area contributed by atoms with E-state index in [-0.39, 0.29) is 0 Å². The third kappa shape index (κ3) is 7.15. The smallest absolute Gasteiger partial charge is 0.143 e. The lowest BCUT2D eigenvalue weighted by atomic mass is 9.92. The summed E-state index contributed by atoms with van der Waals surface area (Å²) in [4.78, 5) is 2.46. The standard InChI is InChI=1S/C66H46N2O/c1-2-17-45(18-3-1)48-19-14-20-49(43-48)46-35-39-52(40-36-46)67(53-41-37-47(38-42-53)50-21-15-22-51(44-50)54-28-16-29-60-59-27-8-13-34-65(59)69-66(54)60)61-30-9-4-23-55(61)56-24-5-10-31-62(56)68-63-32-11-6-25-57(63)58-26-7-12-33-64(58)68/h1-3,5-8,10-44H,4,9H2. The molecule has 0 N–H and O–H groups in total. The average Bonchev–Trinajstić information content (AvgIpc) is 3.98. The molecule has 13 rings (SSSR count). The highest BCUT2D eigenvalue weighted by Crippen LogP contribution is 2.44. The van der Waals surface area contributed by atoms with Crippen LogP contribution in [0.4, 0.5) is 11.4 Å². The third-order valence-electron chi connectivity index (χ3n) is 13.9. The van der Waals surface area contributed by atoms with E-state index in [4.69, 9.17) is 4.42 Å². The van der Waals surface area contributed by atoms with Crippen molar-refractivity contribution >= 4 is 60.7 Å². The molecule has 69 heavy (non-hydrogen) atoms. The maximum Gasteiger partial charge on any atom is 0.143 e. The largest absolute Gasteiger partial charge is 0.455 e. The van der Waals surface area contributed by atoms with Gasteiger partial charge in [0.15, 0.2) is 0 Å². The van der Waals surface area contributed by atoms with E-state index in [0.717, 1.165) is 74.1 Å². The fourth-order valence-corrected chi connectivity index (χ4v) is 10.6. The van der Waals surface area contributed by atoms with Gasteiger partial charge in [-0.25, -0.2) is 0 Å². The van der Waals surface area contributed by atoms with Gasteiger partial charge >= 0.3 is 0 Å². The van der Waals surface area contributed by atoms with E-state index in [1.54, 1.807) is 0 Å². The van der Waals surface area contributed by atoms with Gasteiger partial charge in [-0.1, -0.05) is 194 Å². The van der Waals surface area contributed by atoms with Crippen LogP contribution in [0.25, 0.3) is 99.5 Å². The molecule has 3 heteroatoms. The van der Waals surface area contributed by atoms with E-state index < -0.39 is 0 Å². The second-order valence-corrected chi connectivity index (χ2v) is 17.9. The summed E-state index contributed by atoms with van der Waals surface area (Å²) >= 11 is 0. The fraction of sp³-hybridized carbons (Fsp3) is 0.0303. The molecule has 0 bridgehead atoms. The van der Waals surface area contributed by atoms with Crippen molar-refractivity contribution in [3.8, 4) is 50.2 Å². The van der Waals surface area contributed by atoms with E-state index in [1.807, 2.05) is 12.1 Å². The molecule has 2 aromatic heterocycles. The normalized spacial score (nSPS) is 12.7. The molecule has 0 saturated carbocycles. The first-order valence-corrected chi connectivity index (χ1v) is 23.9. The lowest BCUT2D eigenvalue weighted by Crippen LogP contribution is -2.19. The van der Waals surface area contributed by atoms with Crippen LogP contribution in [0.15, 0.2) is 265 Å². The molecule has 1 aliphatic rings. The summed E-state index contributed by atoms with van der Waals surface area (Å²) in [7, 11) is 0. The Kier molecular flexibility index (Phi) is 9.98. The molecule has 326 valence electrons. The highest BCUT2D eigenvalue weighted by atomic mass is 16.3. The molecule has 0 unspecified atom stereocenters. The van der Waals surface area contributed by atoms with E-state index in [2.05, 4.69) is 252 Å². The highest BCUT2D eigenvalue weighted by molar-refractivity contribution is 6.11. The number of allylic oxidation sites excluding steroid dienone is 3. The summed E-state index contributed by atoms with van der Waals surface area (Å²) in [6.07, 6.45) is 6.79. The number of benzene rings is 10. The number of hydrogen-bond acceptors (Lipinski definition) is 2. The van der Waals surface area contributed by atoms with E-state index in [0.29, 0.717) is 0 Å². The number of aromatic nitrogens is 1. The number of anilines is 2. The van der Waals surface area contributed by atoms with Crippen LogP contribution in [-0.2, 0) is 0 Å². The van der Waals surface area contributed by atoms with Crippen molar-refractivity contribution in [1.29, 1.82) is 0 Å². The number of furan rings is 1. The molecule has 0 amide bonds. The molecule has 10 aromatic carbocycles. The topological polar surface area (TPSA) is 21.3 Å². The Balaban J connectivity index is 0.915. The minimum atomic E-state index is 0.907. The molecule has 1 aliphatic carbocycles. The maximum atomic E-state index is 6.47. The first-order valence-electron chi connectivity index (χ1n) is 23.9. The summed E-state index contributed by atoms with van der Waals surface area (Å²) < 4.78 is 8.92. The van der Waals surface area contributed by atoms with Gasteiger partial charge in [-0.2, -0.15) is 0 Å². The number of hydrogen-bond donors (Lipinski definition) is 0. The van der Waals surface area contributed by atoms with Gasteiger partial charge in [0, 0.05) is 55.3 Å². The Morgan fingerprint density at radius 1 is 0.348 bits per heavy atom. The number of fused-ring (bicyclic) bond motifs is 6.